The first-order valence-electron chi connectivity index (χ1n) is 6.59. The Balaban J connectivity index is 1.88. The summed E-state index contributed by atoms with van der Waals surface area (Å²) in [6.07, 6.45) is 1.61. The van der Waals surface area contributed by atoms with E-state index in [9.17, 15) is 0 Å². The van der Waals surface area contributed by atoms with Gasteiger partial charge in [0, 0.05) is 22.2 Å². The van der Waals surface area contributed by atoms with Gasteiger partial charge in [0.25, 0.3) is 0 Å². The minimum atomic E-state index is 0.197. The molecule has 3 unspecified atom stereocenters. The smallest absolute Gasteiger partial charge is 0.104 e. The monoisotopic (exact) mass is 261 g/mol. The molecular weight excluding hydrogens is 242 g/mol. The molecule has 1 aromatic heterocycles. The van der Waals surface area contributed by atoms with Gasteiger partial charge in [0.1, 0.15) is 6.10 Å². The fraction of sp³-hybridized carbons (Fsp3) is 0.467. The van der Waals surface area contributed by atoms with E-state index in [0.29, 0.717) is 12.1 Å². The molecule has 0 amide bonds. The van der Waals surface area contributed by atoms with Crippen molar-refractivity contribution < 1.29 is 4.74 Å². The molecule has 1 fully saturated rings. The largest absolute Gasteiger partial charge is 0.368 e. The van der Waals surface area contributed by atoms with Crippen molar-refractivity contribution in [2.45, 2.75) is 38.5 Å². The second kappa shape index (κ2) is 5.00. The molecule has 1 aliphatic rings. The molecule has 1 saturated heterocycles. The molecule has 0 radical (unpaired) electrons. The molecular formula is C15H19NOS. The van der Waals surface area contributed by atoms with Gasteiger partial charge in [0.15, 0.2) is 0 Å². The van der Waals surface area contributed by atoms with Crippen LogP contribution in [-0.4, -0.2) is 18.7 Å². The summed E-state index contributed by atoms with van der Waals surface area (Å²) in [5.74, 6) is 0. The van der Waals surface area contributed by atoms with E-state index < -0.39 is 0 Å². The second-order valence-corrected chi connectivity index (χ2v) is 6.28. The third kappa shape index (κ3) is 2.44. The molecule has 3 heteroatoms. The van der Waals surface area contributed by atoms with E-state index in [1.54, 1.807) is 0 Å². The van der Waals surface area contributed by atoms with Gasteiger partial charge in [-0.3, -0.25) is 0 Å². The summed E-state index contributed by atoms with van der Waals surface area (Å²) in [7, 11) is 0. The van der Waals surface area contributed by atoms with E-state index in [0.717, 1.165) is 13.0 Å². The van der Waals surface area contributed by atoms with E-state index in [1.165, 1.54) is 15.0 Å². The molecule has 18 heavy (non-hydrogen) atoms. The van der Waals surface area contributed by atoms with Crippen molar-refractivity contribution in [3.63, 3.8) is 0 Å². The molecule has 0 bridgehead atoms. The van der Waals surface area contributed by atoms with Crippen LogP contribution < -0.4 is 5.32 Å². The summed E-state index contributed by atoms with van der Waals surface area (Å²) in [6, 6.07) is 11.4. The van der Waals surface area contributed by atoms with Crippen LogP contribution in [0.15, 0.2) is 30.3 Å². The van der Waals surface area contributed by atoms with Gasteiger partial charge in [0.05, 0.1) is 6.10 Å². The quantitative estimate of drug-likeness (QED) is 0.844. The number of fused-ring (bicyclic) bond motifs is 1. The standard InChI is InChI=1S/C15H19NOS/c1-10-7-11(2)17-13(9-16-10)15-8-12-5-3-4-6-14(12)18-15/h3-6,8,10-11,13,16H,7,9H2,1-2H3. The van der Waals surface area contributed by atoms with Gasteiger partial charge in [0.2, 0.25) is 0 Å². The van der Waals surface area contributed by atoms with E-state index in [2.05, 4.69) is 49.5 Å². The van der Waals surface area contributed by atoms with Crippen molar-refractivity contribution in [3.8, 4) is 0 Å². The molecule has 3 rings (SSSR count). The van der Waals surface area contributed by atoms with Gasteiger partial charge in [-0.1, -0.05) is 18.2 Å². The third-order valence-electron chi connectivity index (χ3n) is 3.50. The highest BCUT2D eigenvalue weighted by Gasteiger charge is 2.23. The zero-order valence-corrected chi connectivity index (χ0v) is 11.7. The van der Waals surface area contributed by atoms with Crippen molar-refractivity contribution >= 4 is 21.4 Å². The Morgan fingerprint density at radius 1 is 1.28 bits per heavy atom. The fourth-order valence-electron chi connectivity index (χ4n) is 2.60. The number of rotatable bonds is 1. The van der Waals surface area contributed by atoms with E-state index >= 15 is 0 Å². The Morgan fingerprint density at radius 3 is 2.94 bits per heavy atom. The predicted molar refractivity (Wildman–Crippen MR) is 77.2 cm³/mol. The van der Waals surface area contributed by atoms with Crippen molar-refractivity contribution in [2.75, 3.05) is 6.54 Å². The number of thiophene rings is 1. The first-order chi connectivity index (χ1) is 8.72. The lowest BCUT2D eigenvalue weighted by atomic mass is 10.2. The molecule has 2 aromatic rings. The summed E-state index contributed by atoms with van der Waals surface area (Å²) < 4.78 is 7.49. The predicted octanol–water partition coefficient (Wildman–Crippen LogP) is 3.73. The average molecular weight is 261 g/mol. The van der Waals surface area contributed by atoms with Crippen LogP contribution in [0.25, 0.3) is 10.1 Å². The van der Waals surface area contributed by atoms with E-state index in [1.807, 2.05) is 11.3 Å². The van der Waals surface area contributed by atoms with Crippen LogP contribution in [0.1, 0.15) is 31.2 Å². The van der Waals surface area contributed by atoms with Gasteiger partial charge in [-0.2, -0.15) is 0 Å². The molecule has 96 valence electrons. The molecule has 0 saturated carbocycles. The van der Waals surface area contributed by atoms with Crippen LogP contribution in [0.4, 0.5) is 0 Å². The molecule has 0 aliphatic carbocycles. The van der Waals surface area contributed by atoms with Crippen LogP contribution in [0.2, 0.25) is 0 Å². The summed E-state index contributed by atoms with van der Waals surface area (Å²) in [5.41, 5.74) is 0. The summed E-state index contributed by atoms with van der Waals surface area (Å²) in [6.45, 7) is 5.31. The Hall–Kier alpha value is -0.900. The van der Waals surface area contributed by atoms with Crippen molar-refractivity contribution in [1.29, 1.82) is 0 Å². The van der Waals surface area contributed by atoms with E-state index in [-0.39, 0.29) is 6.10 Å². The number of ether oxygens (including phenoxy) is 1. The topological polar surface area (TPSA) is 21.3 Å². The average Bonchev–Trinajstić information content (AvgIpc) is 2.70. The minimum absolute atomic E-state index is 0.197. The highest BCUT2D eigenvalue weighted by molar-refractivity contribution is 7.19. The Morgan fingerprint density at radius 2 is 2.11 bits per heavy atom. The van der Waals surface area contributed by atoms with Crippen LogP contribution in [0, 0.1) is 0 Å². The van der Waals surface area contributed by atoms with Crippen LogP contribution in [0.3, 0.4) is 0 Å². The Labute approximate surface area is 112 Å². The first kappa shape index (κ1) is 12.2. The van der Waals surface area contributed by atoms with Crippen molar-refractivity contribution in [3.05, 3.63) is 35.2 Å². The minimum Gasteiger partial charge on any atom is -0.368 e. The molecule has 3 atom stereocenters. The lowest BCUT2D eigenvalue weighted by molar-refractivity contribution is 0.00916. The number of hydrogen-bond acceptors (Lipinski definition) is 3. The van der Waals surface area contributed by atoms with Crippen molar-refractivity contribution in [1.82, 2.24) is 5.32 Å². The van der Waals surface area contributed by atoms with Gasteiger partial charge in [-0.05, 0) is 37.8 Å². The maximum atomic E-state index is 6.15. The van der Waals surface area contributed by atoms with Gasteiger partial charge in [-0.15, -0.1) is 11.3 Å². The zero-order chi connectivity index (χ0) is 12.5. The molecule has 2 nitrogen and oxygen atoms in total. The third-order valence-corrected chi connectivity index (χ3v) is 4.70. The molecule has 1 N–H and O–H groups in total. The Kier molecular flexibility index (Phi) is 3.37. The van der Waals surface area contributed by atoms with Gasteiger partial charge in [-0.25, -0.2) is 0 Å². The molecule has 0 spiro atoms. The summed E-state index contributed by atoms with van der Waals surface area (Å²) in [5, 5.41) is 4.87. The lowest BCUT2D eigenvalue weighted by Gasteiger charge is -2.16. The SMILES string of the molecule is CC1CC(C)OC(c2cc3ccccc3s2)CN1. The fourth-order valence-corrected chi connectivity index (χ4v) is 3.70. The van der Waals surface area contributed by atoms with Gasteiger partial charge >= 0.3 is 0 Å². The normalized spacial score (nSPS) is 29.3. The van der Waals surface area contributed by atoms with Gasteiger partial charge < -0.3 is 10.1 Å². The maximum absolute atomic E-state index is 6.15. The summed E-state index contributed by atoms with van der Waals surface area (Å²) in [4.78, 5) is 1.34. The maximum Gasteiger partial charge on any atom is 0.104 e. The lowest BCUT2D eigenvalue weighted by Crippen LogP contribution is -2.27. The number of nitrogens with one attached hydrogen (secondary N) is 1. The Bertz CT molecular complexity index is 503. The van der Waals surface area contributed by atoms with Crippen LogP contribution in [-0.2, 0) is 4.74 Å². The molecule has 1 aromatic carbocycles. The van der Waals surface area contributed by atoms with Crippen LogP contribution in [0.5, 0.6) is 0 Å². The second-order valence-electron chi connectivity index (χ2n) is 5.17. The van der Waals surface area contributed by atoms with Crippen molar-refractivity contribution in [2.24, 2.45) is 0 Å². The highest BCUT2D eigenvalue weighted by Crippen LogP contribution is 2.33. The van der Waals surface area contributed by atoms with E-state index in [4.69, 9.17) is 4.74 Å². The first-order valence-corrected chi connectivity index (χ1v) is 7.41. The zero-order valence-electron chi connectivity index (χ0n) is 10.8. The highest BCUT2D eigenvalue weighted by atomic mass is 32.1. The molecule has 2 heterocycles. The molecule has 1 aliphatic heterocycles. The number of hydrogen-bond donors (Lipinski definition) is 1. The number of benzene rings is 1. The van der Waals surface area contributed by atoms with Crippen LogP contribution >= 0.6 is 11.3 Å². The summed E-state index contributed by atoms with van der Waals surface area (Å²) >= 11 is 1.85.